The first kappa shape index (κ1) is 13.1. The van der Waals surface area contributed by atoms with Gasteiger partial charge in [0.05, 0.1) is 13.2 Å². The van der Waals surface area contributed by atoms with Crippen LogP contribution >= 0.6 is 11.3 Å². The van der Waals surface area contributed by atoms with Crippen molar-refractivity contribution in [2.24, 2.45) is 0 Å². The van der Waals surface area contributed by atoms with E-state index in [1.165, 1.54) is 17.4 Å². The number of rotatable bonds is 5. The first-order valence-corrected chi connectivity index (χ1v) is 5.69. The Balaban J connectivity index is 2.69. The van der Waals surface area contributed by atoms with Crippen molar-refractivity contribution < 1.29 is 24.9 Å². The number of carbonyl (C=O) groups excluding carboxylic acids is 1. The highest BCUT2D eigenvalue weighted by Gasteiger charge is 2.27. The zero-order chi connectivity index (χ0) is 12.1. The fraction of sp³-hybridized carbons (Fsp3) is 0.500. The van der Waals surface area contributed by atoms with Crippen LogP contribution < -0.4 is 0 Å². The molecule has 0 saturated heterocycles. The molecule has 0 radical (unpaired) electrons. The van der Waals surface area contributed by atoms with Gasteiger partial charge in [-0.25, -0.2) is 4.79 Å². The van der Waals surface area contributed by atoms with E-state index >= 15 is 0 Å². The van der Waals surface area contributed by atoms with Gasteiger partial charge in [0.2, 0.25) is 0 Å². The molecule has 1 rings (SSSR count). The van der Waals surface area contributed by atoms with Crippen LogP contribution in [0.4, 0.5) is 0 Å². The lowest BCUT2D eigenvalue weighted by molar-refractivity contribution is -0.159. The molecule has 0 bridgehead atoms. The van der Waals surface area contributed by atoms with Crippen LogP contribution in [0.1, 0.15) is 23.5 Å². The molecule has 1 aromatic heterocycles. The highest BCUT2D eigenvalue weighted by atomic mass is 32.1. The van der Waals surface area contributed by atoms with E-state index in [9.17, 15) is 15.0 Å². The summed E-state index contributed by atoms with van der Waals surface area (Å²) in [6.07, 6.45) is -2.92. The van der Waals surface area contributed by atoms with Gasteiger partial charge in [-0.15, -0.1) is 11.3 Å². The predicted octanol–water partition coefficient (Wildman–Crippen LogP) is 0.198. The van der Waals surface area contributed by atoms with Crippen LogP contribution in [-0.4, -0.2) is 34.0 Å². The summed E-state index contributed by atoms with van der Waals surface area (Å²) in [4.78, 5) is 11.8. The summed E-state index contributed by atoms with van der Waals surface area (Å²) in [5.74, 6) is -0.855. The highest BCUT2D eigenvalue weighted by molar-refractivity contribution is 7.10. The fourth-order valence-electron chi connectivity index (χ4n) is 1.17. The number of carbonyl (C=O) groups is 1. The summed E-state index contributed by atoms with van der Waals surface area (Å²) < 4.78 is 4.58. The molecule has 6 heteroatoms. The van der Waals surface area contributed by atoms with Gasteiger partial charge in [0, 0.05) is 4.88 Å². The van der Waals surface area contributed by atoms with Gasteiger partial charge in [-0.1, -0.05) is 0 Å². The number of thiophene rings is 1. The van der Waals surface area contributed by atoms with E-state index in [1.54, 1.807) is 12.3 Å². The molecule has 2 unspecified atom stereocenters. The van der Waals surface area contributed by atoms with Crippen LogP contribution in [0.25, 0.3) is 0 Å². The minimum absolute atomic E-state index is 0.132. The minimum Gasteiger partial charge on any atom is -0.464 e. The van der Waals surface area contributed by atoms with Crippen molar-refractivity contribution in [3.63, 3.8) is 0 Å². The van der Waals surface area contributed by atoms with E-state index < -0.39 is 18.2 Å². The molecule has 0 saturated carbocycles. The standard InChI is InChI=1S/C10H14O5S/c1-2-15-10(14)9(13)8(12)6-3-7(4-11)16-5-6/h3,5,8-9,11-13H,2,4H2,1H3. The van der Waals surface area contributed by atoms with Crippen molar-refractivity contribution in [2.75, 3.05) is 6.61 Å². The van der Waals surface area contributed by atoms with Gasteiger partial charge in [-0.05, 0) is 23.9 Å². The van der Waals surface area contributed by atoms with Crippen LogP contribution in [0.3, 0.4) is 0 Å². The SMILES string of the molecule is CCOC(=O)C(O)C(O)c1csc(CO)c1. The zero-order valence-electron chi connectivity index (χ0n) is 8.79. The predicted molar refractivity (Wildman–Crippen MR) is 57.8 cm³/mol. The Morgan fingerprint density at radius 2 is 2.25 bits per heavy atom. The maximum Gasteiger partial charge on any atom is 0.338 e. The van der Waals surface area contributed by atoms with E-state index in [-0.39, 0.29) is 13.2 Å². The first-order chi connectivity index (χ1) is 7.60. The van der Waals surface area contributed by atoms with E-state index in [2.05, 4.69) is 4.74 Å². The molecule has 0 spiro atoms. The van der Waals surface area contributed by atoms with Crippen molar-refractivity contribution in [3.05, 3.63) is 21.9 Å². The Labute approximate surface area is 96.9 Å². The molecule has 1 heterocycles. The third-order valence-corrected chi connectivity index (χ3v) is 2.94. The summed E-state index contributed by atoms with van der Waals surface area (Å²) >= 11 is 1.25. The Bertz CT molecular complexity index is 349. The van der Waals surface area contributed by atoms with Crippen LogP contribution in [0.5, 0.6) is 0 Å². The molecule has 0 fully saturated rings. The van der Waals surface area contributed by atoms with E-state index in [1.807, 2.05) is 0 Å². The normalized spacial score (nSPS) is 14.5. The van der Waals surface area contributed by atoms with Crippen molar-refractivity contribution in [3.8, 4) is 0 Å². The molecule has 90 valence electrons. The number of aliphatic hydroxyl groups excluding tert-OH is 3. The van der Waals surface area contributed by atoms with E-state index in [0.717, 1.165) is 0 Å². The van der Waals surface area contributed by atoms with Gasteiger partial charge in [0.15, 0.2) is 6.10 Å². The summed E-state index contributed by atoms with van der Waals surface area (Å²) in [5.41, 5.74) is 0.398. The third kappa shape index (κ3) is 3.02. The lowest BCUT2D eigenvalue weighted by Crippen LogP contribution is -2.29. The van der Waals surface area contributed by atoms with Crippen LogP contribution in [-0.2, 0) is 16.1 Å². The summed E-state index contributed by atoms with van der Waals surface area (Å²) in [6.45, 7) is 1.63. The molecule has 16 heavy (non-hydrogen) atoms. The average Bonchev–Trinajstić information content (AvgIpc) is 2.75. The second-order valence-corrected chi connectivity index (χ2v) is 4.14. The maximum atomic E-state index is 11.2. The maximum absolute atomic E-state index is 11.2. The molecule has 5 nitrogen and oxygen atoms in total. The molecular weight excluding hydrogens is 232 g/mol. The molecule has 0 aliphatic carbocycles. The lowest BCUT2D eigenvalue weighted by atomic mass is 10.1. The smallest absolute Gasteiger partial charge is 0.338 e. The molecule has 0 aromatic carbocycles. The number of hydrogen-bond donors (Lipinski definition) is 3. The molecular formula is C10H14O5S. The minimum atomic E-state index is -1.60. The van der Waals surface area contributed by atoms with Gasteiger partial charge in [0.25, 0.3) is 0 Å². The number of aliphatic hydroxyl groups is 3. The molecule has 3 N–H and O–H groups in total. The number of esters is 1. The average molecular weight is 246 g/mol. The second-order valence-electron chi connectivity index (χ2n) is 3.15. The monoisotopic (exact) mass is 246 g/mol. The quantitative estimate of drug-likeness (QED) is 0.646. The molecule has 0 aliphatic rings. The summed E-state index contributed by atoms with van der Waals surface area (Å²) in [7, 11) is 0. The summed E-state index contributed by atoms with van der Waals surface area (Å²) in [5, 5.41) is 29.6. The Morgan fingerprint density at radius 1 is 1.56 bits per heavy atom. The topological polar surface area (TPSA) is 87.0 Å². The van der Waals surface area contributed by atoms with Gasteiger partial charge < -0.3 is 20.1 Å². The van der Waals surface area contributed by atoms with Gasteiger partial charge in [-0.3, -0.25) is 0 Å². The van der Waals surface area contributed by atoms with Crippen molar-refractivity contribution in [2.45, 2.75) is 25.7 Å². The van der Waals surface area contributed by atoms with Crippen LogP contribution in [0.15, 0.2) is 11.4 Å². The first-order valence-electron chi connectivity index (χ1n) is 4.81. The molecule has 0 aliphatic heterocycles. The van der Waals surface area contributed by atoms with E-state index in [0.29, 0.717) is 10.4 Å². The second kappa shape index (κ2) is 5.95. The highest BCUT2D eigenvalue weighted by Crippen LogP contribution is 2.23. The fourth-order valence-corrected chi connectivity index (χ4v) is 1.95. The van der Waals surface area contributed by atoms with Crippen LogP contribution in [0.2, 0.25) is 0 Å². The molecule has 2 atom stereocenters. The summed E-state index contributed by atoms with van der Waals surface area (Å²) in [6, 6.07) is 1.54. The number of ether oxygens (including phenoxy) is 1. The Hall–Kier alpha value is -0.950. The van der Waals surface area contributed by atoms with Crippen molar-refractivity contribution in [1.82, 2.24) is 0 Å². The van der Waals surface area contributed by atoms with Gasteiger partial charge in [-0.2, -0.15) is 0 Å². The Kier molecular flexibility index (Phi) is 4.88. The van der Waals surface area contributed by atoms with E-state index in [4.69, 9.17) is 5.11 Å². The zero-order valence-corrected chi connectivity index (χ0v) is 9.61. The lowest BCUT2D eigenvalue weighted by Gasteiger charge is -2.15. The van der Waals surface area contributed by atoms with Crippen molar-refractivity contribution in [1.29, 1.82) is 0 Å². The largest absolute Gasteiger partial charge is 0.464 e. The van der Waals surface area contributed by atoms with Crippen LogP contribution in [0, 0.1) is 0 Å². The Morgan fingerprint density at radius 3 is 2.75 bits per heavy atom. The molecule has 0 amide bonds. The third-order valence-electron chi connectivity index (χ3n) is 2.00. The number of hydrogen-bond acceptors (Lipinski definition) is 6. The van der Waals surface area contributed by atoms with Crippen molar-refractivity contribution >= 4 is 17.3 Å². The van der Waals surface area contributed by atoms with Gasteiger partial charge in [0.1, 0.15) is 6.10 Å². The molecule has 1 aromatic rings. The van der Waals surface area contributed by atoms with Gasteiger partial charge >= 0.3 is 5.97 Å².